The van der Waals surface area contributed by atoms with E-state index in [0.29, 0.717) is 29.4 Å². The van der Waals surface area contributed by atoms with Gasteiger partial charge in [-0.25, -0.2) is 0 Å². The van der Waals surface area contributed by atoms with Crippen molar-refractivity contribution in [3.8, 4) is 17.2 Å². The van der Waals surface area contributed by atoms with Crippen LogP contribution in [0.4, 0.5) is 5.69 Å². The first kappa shape index (κ1) is 23.5. The summed E-state index contributed by atoms with van der Waals surface area (Å²) in [5, 5.41) is 3.06. The summed E-state index contributed by atoms with van der Waals surface area (Å²) >= 11 is 0. The van der Waals surface area contributed by atoms with Gasteiger partial charge in [-0.05, 0) is 36.4 Å². The third kappa shape index (κ3) is 5.12. The zero-order valence-corrected chi connectivity index (χ0v) is 19.8. The summed E-state index contributed by atoms with van der Waals surface area (Å²) in [6.07, 6.45) is 1.67. The van der Waals surface area contributed by atoms with E-state index in [9.17, 15) is 4.79 Å². The number of methoxy groups -OCH3 is 3. The van der Waals surface area contributed by atoms with E-state index in [1.165, 1.54) is 27.0 Å². The minimum Gasteiger partial charge on any atom is -0.493 e. The predicted octanol–water partition coefficient (Wildman–Crippen LogP) is 3.60. The van der Waals surface area contributed by atoms with Crippen molar-refractivity contribution in [2.24, 2.45) is 0 Å². The average Bonchev–Trinajstić information content (AvgIpc) is 3.43. The molecule has 1 aliphatic heterocycles. The summed E-state index contributed by atoms with van der Waals surface area (Å²) in [4.78, 5) is 17.8. The van der Waals surface area contributed by atoms with Crippen LogP contribution < -0.4 is 24.4 Å². The molecule has 0 radical (unpaired) electrons. The van der Waals surface area contributed by atoms with Gasteiger partial charge in [-0.15, -0.1) is 0 Å². The molecule has 1 atom stereocenters. The zero-order valence-electron chi connectivity index (χ0n) is 19.8. The summed E-state index contributed by atoms with van der Waals surface area (Å²) in [6.45, 7) is 3.94. The molecule has 1 N–H and O–H groups in total. The van der Waals surface area contributed by atoms with Crippen LogP contribution in [0.1, 0.15) is 22.2 Å². The molecule has 8 heteroatoms. The Morgan fingerprint density at radius 3 is 2.18 bits per heavy atom. The van der Waals surface area contributed by atoms with Crippen molar-refractivity contribution in [3.63, 3.8) is 0 Å². The van der Waals surface area contributed by atoms with E-state index in [-0.39, 0.29) is 11.9 Å². The van der Waals surface area contributed by atoms with Gasteiger partial charge < -0.3 is 28.8 Å². The molecule has 1 amide bonds. The lowest BCUT2D eigenvalue weighted by atomic mass is 10.1. The number of ether oxygens (including phenoxy) is 3. The highest BCUT2D eigenvalue weighted by Gasteiger charge is 2.28. The highest BCUT2D eigenvalue weighted by Crippen LogP contribution is 2.38. The fourth-order valence-electron chi connectivity index (χ4n) is 4.32. The van der Waals surface area contributed by atoms with Gasteiger partial charge in [0.1, 0.15) is 5.76 Å². The van der Waals surface area contributed by atoms with E-state index in [2.05, 4.69) is 39.4 Å². The first-order valence-electron chi connectivity index (χ1n) is 11.3. The number of carbonyl (C=O) groups is 1. The van der Waals surface area contributed by atoms with Crippen LogP contribution in [0.5, 0.6) is 17.2 Å². The van der Waals surface area contributed by atoms with Crippen molar-refractivity contribution in [3.05, 3.63) is 72.2 Å². The third-order valence-corrected chi connectivity index (χ3v) is 6.13. The molecule has 0 bridgehead atoms. The molecule has 180 valence electrons. The van der Waals surface area contributed by atoms with Crippen molar-refractivity contribution >= 4 is 11.6 Å². The van der Waals surface area contributed by atoms with E-state index >= 15 is 0 Å². The Balaban J connectivity index is 1.45. The van der Waals surface area contributed by atoms with Crippen LogP contribution in [0.3, 0.4) is 0 Å². The molecule has 0 aliphatic carbocycles. The second kappa shape index (κ2) is 11.0. The first-order chi connectivity index (χ1) is 16.6. The Labute approximate surface area is 200 Å². The zero-order chi connectivity index (χ0) is 23.9. The van der Waals surface area contributed by atoms with Crippen molar-refractivity contribution in [2.75, 3.05) is 59.0 Å². The van der Waals surface area contributed by atoms with E-state index in [0.717, 1.165) is 31.9 Å². The molecule has 1 saturated heterocycles. The Morgan fingerprint density at radius 1 is 0.941 bits per heavy atom. The van der Waals surface area contributed by atoms with Gasteiger partial charge in [0.05, 0.1) is 33.6 Å². The highest BCUT2D eigenvalue weighted by atomic mass is 16.5. The third-order valence-electron chi connectivity index (χ3n) is 6.13. The molecule has 3 aromatic rings. The van der Waals surface area contributed by atoms with Crippen LogP contribution in [0.15, 0.2) is 65.3 Å². The molecular weight excluding hydrogens is 434 g/mol. The summed E-state index contributed by atoms with van der Waals surface area (Å²) in [5.74, 6) is 1.93. The smallest absolute Gasteiger partial charge is 0.251 e. The number of hydrogen-bond donors (Lipinski definition) is 1. The van der Waals surface area contributed by atoms with Crippen LogP contribution in [0, 0.1) is 0 Å². The van der Waals surface area contributed by atoms with E-state index < -0.39 is 0 Å². The molecule has 1 aliphatic rings. The maximum atomic E-state index is 13.1. The predicted molar refractivity (Wildman–Crippen MR) is 130 cm³/mol. The fourth-order valence-corrected chi connectivity index (χ4v) is 4.32. The van der Waals surface area contributed by atoms with Crippen molar-refractivity contribution < 1.29 is 23.4 Å². The van der Waals surface area contributed by atoms with Gasteiger partial charge >= 0.3 is 0 Å². The van der Waals surface area contributed by atoms with Gasteiger partial charge in [0.2, 0.25) is 5.75 Å². The number of para-hydroxylation sites is 1. The van der Waals surface area contributed by atoms with Gasteiger partial charge in [0.25, 0.3) is 5.91 Å². The Bertz CT molecular complexity index is 1040. The number of hydrogen-bond acceptors (Lipinski definition) is 7. The number of piperazine rings is 1. The lowest BCUT2D eigenvalue weighted by molar-refractivity contribution is 0.0922. The molecule has 1 fully saturated rings. The lowest BCUT2D eigenvalue weighted by Gasteiger charge is -2.39. The van der Waals surface area contributed by atoms with Crippen LogP contribution >= 0.6 is 0 Å². The number of nitrogens with zero attached hydrogens (tertiary/aromatic N) is 2. The quantitative estimate of drug-likeness (QED) is 0.517. The van der Waals surface area contributed by atoms with Gasteiger partial charge in [0.15, 0.2) is 11.5 Å². The van der Waals surface area contributed by atoms with Crippen LogP contribution in [0.25, 0.3) is 0 Å². The number of anilines is 1. The van der Waals surface area contributed by atoms with Crippen molar-refractivity contribution in [1.82, 2.24) is 10.2 Å². The SMILES string of the molecule is COc1cc(C(=O)NC[C@@H](c2ccco2)N2CCN(c3ccccc3)CC2)cc(OC)c1OC. The number of benzene rings is 2. The molecule has 0 saturated carbocycles. The number of rotatable bonds is 9. The van der Waals surface area contributed by atoms with Crippen LogP contribution in [0.2, 0.25) is 0 Å². The lowest BCUT2D eigenvalue weighted by Crippen LogP contribution is -2.49. The van der Waals surface area contributed by atoms with Gasteiger partial charge in [0, 0.05) is 44.0 Å². The van der Waals surface area contributed by atoms with Crippen LogP contribution in [-0.2, 0) is 0 Å². The van der Waals surface area contributed by atoms with E-state index in [1.807, 2.05) is 18.2 Å². The van der Waals surface area contributed by atoms with Crippen molar-refractivity contribution in [2.45, 2.75) is 6.04 Å². The molecule has 1 aromatic heterocycles. The second-order valence-corrected chi connectivity index (χ2v) is 8.01. The minimum atomic E-state index is -0.223. The maximum Gasteiger partial charge on any atom is 0.251 e. The molecule has 0 unspecified atom stereocenters. The topological polar surface area (TPSA) is 76.4 Å². The van der Waals surface area contributed by atoms with E-state index in [1.54, 1.807) is 18.4 Å². The average molecular weight is 466 g/mol. The second-order valence-electron chi connectivity index (χ2n) is 8.01. The minimum absolute atomic E-state index is 0.0705. The van der Waals surface area contributed by atoms with E-state index in [4.69, 9.17) is 18.6 Å². The summed E-state index contributed by atoms with van der Waals surface area (Å²) in [5.41, 5.74) is 1.66. The van der Waals surface area contributed by atoms with Gasteiger partial charge in [-0.1, -0.05) is 18.2 Å². The molecular formula is C26H31N3O5. The normalized spacial score (nSPS) is 15.0. The number of furan rings is 1. The maximum absolute atomic E-state index is 13.1. The molecule has 0 spiro atoms. The van der Waals surface area contributed by atoms with Gasteiger partial charge in [-0.3, -0.25) is 9.69 Å². The molecule has 2 aromatic carbocycles. The summed E-state index contributed by atoms with van der Waals surface area (Å²) in [6, 6.07) is 17.5. The summed E-state index contributed by atoms with van der Waals surface area (Å²) in [7, 11) is 4.59. The number of amides is 1. The Hall–Kier alpha value is -3.65. The Morgan fingerprint density at radius 2 is 1.62 bits per heavy atom. The Kier molecular flexibility index (Phi) is 7.59. The van der Waals surface area contributed by atoms with Crippen molar-refractivity contribution in [1.29, 1.82) is 0 Å². The van der Waals surface area contributed by atoms with Crippen LogP contribution in [-0.4, -0.2) is 64.9 Å². The molecule has 2 heterocycles. The molecule has 4 rings (SSSR count). The first-order valence-corrected chi connectivity index (χ1v) is 11.3. The standard InChI is InChI=1S/C26H31N3O5/c1-31-23-16-19(17-24(32-2)25(23)33-3)26(30)27-18-21(22-10-7-15-34-22)29-13-11-28(12-14-29)20-8-5-4-6-9-20/h4-10,15-17,21H,11-14,18H2,1-3H3,(H,27,30)/t21-/m0/s1. The largest absolute Gasteiger partial charge is 0.493 e. The van der Waals surface area contributed by atoms with Gasteiger partial charge in [-0.2, -0.15) is 0 Å². The highest BCUT2D eigenvalue weighted by molar-refractivity contribution is 5.95. The summed E-state index contributed by atoms with van der Waals surface area (Å²) < 4.78 is 21.9. The monoisotopic (exact) mass is 465 g/mol. The molecule has 8 nitrogen and oxygen atoms in total. The number of carbonyl (C=O) groups excluding carboxylic acids is 1. The number of nitrogens with one attached hydrogen (secondary N) is 1. The fraction of sp³-hybridized carbons (Fsp3) is 0.346. The molecule has 34 heavy (non-hydrogen) atoms.